The van der Waals surface area contributed by atoms with Gasteiger partial charge in [-0.1, -0.05) is 12.1 Å². The van der Waals surface area contributed by atoms with Crippen LogP contribution in [0.4, 0.5) is 13.6 Å². The fourth-order valence-electron chi connectivity index (χ4n) is 2.02. The van der Waals surface area contributed by atoms with Gasteiger partial charge in [0.05, 0.1) is 12.6 Å². The molecule has 1 amide bonds. The molecule has 1 fully saturated rings. The Morgan fingerprint density at radius 3 is 2.84 bits per heavy atom. The SMILES string of the molecule is Cl.O=C1N[C@@H](c2cccc3c2OC(F)(F)O3)CCO1. The third kappa shape index (κ3) is 2.51. The van der Waals surface area contributed by atoms with Crippen LogP contribution in [0.15, 0.2) is 18.2 Å². The molecule has 0 saturated carbocycles. The van der Waals surface area contributed by atoms with E-state index in [0.717, 1.165) is 0 Å². The monoisotopic (exact) mass is 293 g/mol. The van der Waals surface area contributed by atoms with Crippen molar-refractivity contribution in [3.63, 3.8) is 0 Å². The number of amides is 1. The van der Waals surface area contributed by atoms with E-state index in [0.29, 0.717) is 12.0 Å². The highest BCUT2D eigenvalue weighted by Gasteiger charge is 2.45. The topological polar surface area (TPSA) is 56.8 Å². The number of nitrogens with one attached hydrogen (secondary N) is 1. The van der Waals surface area contributed by atoms with E-state index in [2.05, 4.69) is 14.8 Å². The number of carbonyl (C=O) groups excluding carboxylic acids is 1. The Labute approximate surface area is 113 Å². The van der Waals surface area contributed by atoms with Crippen molar-refractivity contribution in [3.8, 4) is 11.5 Å². The van der Waals surface area contributed by atoms with Crippen LogP contribution in [-0.4, -0.2) is 19.0 Å². The molecule has 0 unspecified atom stereocenters. The van der Waals surface area contributed by atoms with Gasteiger partial charge in [0.1, 0.15) is 0 Å². The van der Waals surface area contributed by atoms with Crippen LogP contribution in [0.1, 0.15) is 18.0 Å². The van der Waals surface area contributed by atoms with Gasteiger partial charge in [0.25, 0.3) is 0 Å². The maximum atomic E-state index is 13.0. The summed E-state index contributed by atoms with van der Waals surface area (Å²) in [6.07, 6.45) is -3.75. The number of hydrogen-bond acceptors (Lipinski definition) is 4. The molecule has 1 aromatic rings. The van der Waals surface area contributed by atoms with E-state index in [1.807, 2.05) is 0 Å². The normalized spacial score (nSPS) is 23.1. The lowest BCUT2D eigenvalue weighted by Crippen LogP contribution is -2.35. The number of benzene rings is 1. The Hall–Kier alpha value is -1.76. The molecule has 2 aliphatic rings. The van der Waals surface area contributed by atoms with E-state index in [-0.39, 0.29) is 30.5 Å². The molecule has 1 atom stereocenters. The number of rotatable bonds is 1. The van der Waals surface area contributed by atoms with Gasteiger partial charge in [0, 0.05) is 12.0 Å². The molecule has 1 saturated heterocycles. The first kappa shape index (κ1) is 13.7. The van der Waals surface area contributed by atoms with Crippen LogP contribution in [0.2, 0.25) is 0 Å². The Kier molecular flexibility index (Phi) is 3.40. The van der Waals surface area contributed by atoms with Gasteiger partial charge in [-0.05, 0) is 6.07 Å². The molecule has 1 aromatic carbocycles. The van der Waals surface area contributed by atoms with E-state index in [9.17, 15) is 13.6 Å². The van der Waals surface area contributed by atoms with E-state index in [4.69, 9.17) is 4.74 Å². The number of halogens is 3. The van der Waals surface area contributed by atoms with Gasteiger partial charge in [-0.2, -0.15) is 0 Å². The quantitative estimate of drug-likeness (QED) is 0.865. The minimum atomic E-state index is -3.66. The largest absolute Gasteiger partial charge is 0.586 e. The fourth-order valence-corrected chi connectivity index (χ4v) is 2.02. The van der Waals surface area contributed by atoms with Crippen LogP contribution in [0, 0.1) is 0 Å². The smallest absolute Gasteiger partial charge is 0.449 e. The first-order chi connectivity index (χ1) is 8.55. The van der Waals surface area contributed by atoms with Gasteiger partial charge in [-0.15, -0.1) is 21.2 Å². The maximum absolute atomic E-state index is 13.0. The third-order valence-corrected chi connectivity index (χ3v) is 2.77. The Morgan fingerprint density at radius 1 is 1.32 bits per heavy atom. The molecule has 3 rings (SSSR count). The van der Waals surface area contributed by atoms with E-state index in [1.165, 1.54) is 6.07 Å². The van der Waals surface area contributed by atoms with Crippen molar-refractivity contribution in [2.75, 3.05) is 6.61 Å². The number of carbonyl (C=O) groups is 1. The zero-order chi connectivity index (χ0) is 12.8. The van der Waals surface area contributed by atoms with Crippen molar-refractivity contribution in [1.29, 1.82) is 0 Å². The van der Waals surface area contributed by atoms with E-state index >= 15 is 0 Å². The highest BCUT2D eigenvalue weighted by Crippen LogP contribution is 2.45. The van der Waals surface area contributed by atoms with Gasteiger partial charge < -0.3 is 19.5 Å². The first-order valence-electron chi connectivity index (χ1n) is 5.37. The second kappa shape index (κ2) is 4.73. The van der Waals surface area contributed by atoms with Crippen LogP contribution >= 0.6 is 12.4 Å². The van der Waals surface area contributed by atoms with E-state index in [1.54, 1.807) is 12.1 Å². The van der Waals surface area contributed by atoms with Gasteiger partial charge in [-0.3, -0.25) is 0 Å². The maximum Gasteiger partial charge on any atom is 0.586 e. The fraction of sp³-hybridized carbons (Fsp3) is 0.364. The molecule has 104 valence electrons. The molecule has 19 heavy (non-hydrogen) atoms. The van der Waals surface area contributed by atoms with Crippen LogP contribution in [0.5, 0.6) is 11.5 Å². The molecule has 0 bridgehead atoms. The number of alkyl carbamates (subject to hydrolysis) is 1. The van der Waals surface area contributed by atoms with Crippen LogP contribution < -0.4 is 14.8 Å². The molecular weight excluding hydrogens is 284 g/mol. The highest BCUT2D eigenvalue weighted by atomic mass is 35.5. The first-order valence-corrected chi connectivity index (χ1v) is 5.37. The molecule has 1 N–H and O–H groups in total. The second-order valence-electron chi connectivity index (χ2n) is 3.96. The summed E-state index contributed by atoms with van der Waals surface area (Å²) in [5, 5.41) is 2.55. The summed E-state index contributed by atoms with van der Waals surface area (Å²) in [6, 6.07) is 4.15. The standard InChI is InChI=1S/C11H9F2NO4.ClH/c12-11(13)17-8-3-1-2-6(9(8)18-11)7-4-5-16-10(15)14-7;/h1-3,7H,4-5H2,(H,14,15);1H/t7-;/m1./s1. The van der Waals surface area contributed by atoms with Crippen LogP contribution in [0.3, 0.4) is 0 Å². The summed E-state index contributed by atoms with van der Waals surface area (Å²) >= 11 is 0. The number of ether oxygens (including phenoxy) is 3. The van der Waals surface area contributed by atoms with Crippen molar-refractivity contribution < 1.29 is 27.8 Å². The van der Waals surface area contributed by atoms with Crippen molar-refractivity contribution >= 4 is 18.5 Å². The minimum absolute atomic E-state index is 0. The number of fused-ring (bicyclic) bond motifs is 1. The Morgan fingerprint density at radius 2 is 2.11 bits per heavy atom. The lowest BCUT2D eigenvalue weighted by Gasteiger charge is -2.24. The number of alkyl halides is 2. The molecule has 0 radical (unpaired) electrons. The zero-order valence-electron chi connectivity index (χ0n) is 9.52. The summed E-state index contributed by atoms with van der Waals surface area (Å²) in [4.78, 5) is 11.1. The third-order valence-electron chi connectivity index (χ3n) is 2.77. The van der Waals surface area contributed by atoms with Crippen molar-refractivity contribution in [1.82, 2.24) is 5.32 Å². The Bertz CT molecular complexity index is 511. The molecule has 0 spiro atoms. The lowest BCUT2D eigenvalue weighted by molar-refractivity contribution is -0.287. The molecule has 2 aliphatic heterocycles. The van der Waals surface area contributed by atoms with Gasteiger partial charge in [0.2, 0.25) is 0 Å². The molecule has 2 heterocycles. The lowest BCUT2D eigenvalue weighted by atomic mass is 10.0. The Balaban J connectivity index is 0.00000133. The number of para-hydroxylation sites is 1. The summed E-state index contributed by atoms with van der Waals surface area (Å²) < 4.78 is 39.5. The van der Waals surface area contributed by atoms with Crippen molar-refractivity contribution in [2.24, 2.45) is 0 Å². The van der Waals surface area contributed by atoms with Crippen molar-refractivity contribution in [3.05, 3.63) is 23.8 Å². The van der Waals surface area contributed by atoms with Crippen LogP contribution in [0.25, 0.3) is 0 Å². The summed E-state index contributed by atoms with van der Waals surface area (Å²) in [5.74, 6) is -0.0621. The molecule has 0 aromatic heterocycles. The summed E-state index contributed by atoms with van der Waals surface area (Å²) in [5.41, 5.74) is 0.460. The second-order valence-corrected chi connectivity index (χ2v) is 3.96. The molecule has 0 aliphatic carbocycles. The summed E-state index contributed by atoms with van der Waals surface area (Å²) in [6.45, 7) is 0.234. The van der Waals surface area contributed by atoms with Crippen LogP contribution in [-0.2, 0) is 4.74 Å². The predicted molar refractivity (Wildman–Crippen MR) is 61.7 cm³/mol. The van der Waals surface area contributed by atoms with Gasteiger partial charge in [-0.25, -0.2) is 4.79 Å². The molecule has 8 heteroatoms. The molecular formula is C11H10ClF2NO4. The molecule has 5 nitrogen and oxygen atoms in total. The number of cyclic esters (lactones) is 1. The minimum Gasteiger partial charge on any atom is -0.449 e. The number of hydrogen-bond donors (Lipinski definition) is 1. The summed E-state index contributed by atoms with van der Waals surface area (Å²) in [7, 11) is 0. The van der Waals surface area contributed by atoms with Gasteiger partial charge >= 0.3 is 12.4 Å². The average molecular weight is 294 g/mol. The average Bonchev–Trinajstić information content (AvgIpc) is 2.62. The predicted octanol–water partition coefficient (Wildman–Crippen LogP) is 2.60. The zero-order valence-corrected chi connectivity index (χ0v) is 10.3. The van der Waals surface area contributed by atoms with Crippen molar-refractivity contribution in [2.45, 2.75) is 18.8 Å². The highest BCUT2D eigenvalue weighted by molar-refractivity contribution is 5.85. The van der Waals surface area contributed by atoms with Gasteiger partial charge in [0.15, 0.2) is 11.5 Å². The van der Waals surface area contributed by atoms with E-state index < -0.39 is 18.4 Å².